The molecule has 0 saturated carbocycles. The molecule has 2 rings (SSSR count). The average Bonchev–Trinajstić information content (AvgIpc) is 2.62. The van der Waals surface area contributed by atoms with Gasteiger partial charge in [-0.3, -0.25) is 4.79 Å². The van der Waals surface area contributed by atoms with E-state index in [-0.39, 0.29) is 5.56 Å². The number of Topliss-reactive ketones (excluding diaryl/α,β-unsaturated/α-hetero) is 1. The number of ketones is 1. The summed E-state index contributed by atoms with van der Waals surface area (Å²) < 4.78 is 31.2. The van der Waals surface area contributed by atoms with E-state index in [2.05, 4.69) is 4.18 Å². The number of nitrogens with two attached hydrogens (primary N) is 1. The average molecular weight is 347 g/mol. The number of ether oxygens (including phenoxy) is 1. The van der Waals surface area contributed by atoms with E-state index >= 15 is 0 Å². The van der Waals surface area contributed by atoms with Crippen LogP contribution < -0.4 is 5.73 Å². The number of hydrogen-bond acceptors (Lipinski definition) is 6. The molecule has 0 fully saturated rings. The minimum atomic E-state index is -4.55. The van der Waals surface area contributed by atoms with E-state index in [0.29, 0.717) is 5.02 Å². The molecule has 23 heavy (non-hydrogen) atoms. The van der Waals surface area contributed by atoms with Crippen molar-refractivity contribution in [2.75, 3.05) is 0 Å². The van der Waals surface area contributed by atoms with Gasteiger partial charge in [0.05, 0.1) is 15.7 Å². The van der Waals surface area contributed by atoms with Crippen LogP contribution in [0.5, 0.6) is 0 Å². The fraction of sp³-hybridized carbons (Fsp3) is 0.250. The minimum Gasteiger partial charge on any atom is -0.467 e. The smallest absolute Gasteiger partial charge is 0.298 e. The first kappa shape index (κ1) is 17.8. The molecule has 1 heterocycles. The first-order valence-electron chi connectivity index (χ1n) is 6.19. The second kappa shape index (κ2) is 5.52. The molecule has 1 aromatic rings. The van der Waals surface area contributed by atoms with Gasteiger partial charge in [0.15, 0.2) is 5.50 Å². The molecule has 0 unspecified atom stereocenters. The topological polar surface area (TPSA) is 95.7 Å². The molecule has 0 saturated heterocycles. The van der Waals surface area contributed by atoms with Crippen LogP contribution >= 0.6 is 11.6 Å². The van der Waals surface area contributed by atoms with Crippen molar-refractivity contribution in [1.29, 1.82) is 0 Å². The molecule has 0 spiro atoms. The van der Waals surface area contributed by atoms with Crippen LogP contribution in [-0.2, 0) is 29.3 Å². The first-order chi connectivity index (χ1) is 10.4. The van der Waals surface area contributed by atoms with Crippen LogP contribution in [0.1, 0.15) is 12.5 Å². The molecule has 1 aliphatic heterocycles. The molecule has 1 aliphatic rings. The summed E-state index contributed by atoms with van der Waals surface area (Å²) in [5.74, 6) is -2.38. The zero-order valence-corrected chi connectivity index (χ0v) is 13.5. The Morgan fingerprint density at radius 1 is 1.30 bits per heavy atom. The maximum Gasteiger partial charge on any atom is 0.298 e. The quantitative estimate of drug-likeness (QED) is 0.596. The minimum absolute atomic E-state index is 0.203. The Labute approximate surface area is 142 Å². The van der Waals surface area contributed by atoms with Gasteiger partial charge in [-0.2, -0.15) is 8.42 Å². The van der Waals surface area contributed by atoms with Crippen molar-refractivity contribution in [1.82, 2.24) is 0 Å². The molecule has 0 aromatic heterocycles. The summed E-state index contributed by atoms with van der Waals surface area (Å²) in [4.78, 5) is 12.4. The summed E-state index contributed by atoms with van der Waals surface area (Å²) in [6.45, 7) is 0.980. The summed E-state index contributed by atoms with van der Waals surface area (Å²) >= 11 is 5.76. The van der Waals surface area contributed by atoms with Crippen LogP contribution in [0.15, 0.2) is 35.9 Å². The summed E-state index contributed by atoms with van der Waals surface area (Å²) in [6, 6.07) is 5.82. The van der Waals surface area contributed by atoms with Crippen LogP contribution in [0.2, 0.25) is 5.02 Å². The van der Waals surface area contributed by atoms with Crippen LogP contribution in [0.4, 0.5) is 0 Å². The van der Waals surface area contributed by atoms with Gasteiger partial charge in [0.25, 0.3) is 10.1 Å². The van der Waals surface area contributed by atoms with Gasteiger partial charge in [0, 0.05) is 9.57 Å². The van der Waals surface area contributed by atoms with E-state index in [1.165, 1.54) is 24.3 Å². The Balaban J connectivity index is 2.37. The third kappa shape index (κ3) is 3.10. The number of benzene rings is 1. The normalized spacial score (nSPS) is 22.1. The van der Waals surface area contributed by atoms with Crippen molar-refractivity contribution in [3.8, 4) is 0 Å². The Hall–Kier alpha value is -1.54. The van der Waals surface area contributed by atoms with Crippen LogP contribution in [0, 0.1) is 0 Å². The summed E-state index contributed by atoms with van der Waals surface area (Å²) in [5.41, 5.74) is 3.68. The van der Waals surface area contributed by atoms with Gasteiger partial charge in [-0.15, -0.1) is 0 Å². The number of carbonyl (C=O) groups is 1. The molecule has 6 radical (unpaired) electrons. The van der Waals surface area contributed by atoms with Crippen LogP contribution in [0.25, 0.3) is 0 Å². The zero-order valence-electron chi connectivity index (χ0n) is 11.9. The lowest BCUT2D eigenvalue weighted by atomic mass is 9.71. The Bertz CT molecular complexity index is 788. The van der Waals surface area contributed by atoms with Crippen molar-refractivity contribution in [3.05, 3.63) is 46.5 Å². The lowest BCUT2D eigenvalue weighted by molar-refractivity contribution is -0.126. The number of carbonyl (C=O) groups excluding carboxylic acids is 1. The lowest BCUT2D eigenvalue weighted by Crippen LogP contribution is -2.40. The highest BCUT2D eigenvalue weighted by Gasteiger charge is 2.49. The van der Waals surface area contributed by atoms with Crippen LogP contribution in [-0.4, -0.2) is 42.3 Å². The maximum absolute atomic E-state index is 12.4. The largest absolute Gasteiger partial charge is 0.467 e. The Morgan fingerprint density at radius 3 is 2.30 bits per heavy atom. The molecule has 1 atom stereocenters. The third-order valence-electron chi connectivity index (χ3n) is 3.04. The fourth-order valence-electron chi connectivity index (χ4n) is 1.71. The first-order valence-corrected chi connectivity index (χ1v) is 7.97. The summed E-state index contributed by atoms with van der Waals surface area (Å²) in [6.07, 6.45) is 0. The number of rotatable bonds is 4. The fourth-order valence-corrected chi connectivity index (χ4v) is 2.40. The van der Waals surface area contributed by atoms with Crippen molar-refractivity contribution in [2.24, 2.45) is 5.73 Å². The highest BCUT2D eigenvalue weighted by atomic mass is 35.5. The standard InChI is InChI=1S/C12H9B3ClNO5S/c1-11(13,14)23(19,20)22-8-9(18)12(15,21-10(8)17)6-2-4-7(16)5-3-6/h2-5H,17H2,1H3/t12-/m0/s1. The van der Waals surface area contributed by atoms with E-state index in [1.807, 2.05) is 0 Å². The Kier molecular flexibility index (Phi) is 4.28. The van der Waals surface area contributed by atoms with E-state index in [0.717, 1.165) is 6.92 Å². The maximum atomic E-state index is 12.4. The van der Waals surface area contributed by atoms with Gasteiger partial charge in [-0.1, -0.05) is 30.7 Å². The second-order valence-electron chi connectivity index (χ2n) is 5.09. The molecule has 114 valence electrons. The molecule has 0 aliphatic carbocycles. The molecule has 6 nitrogen and oxygen atoms in total. The Morgan fingerprint density at radius 2 is 1.83 bits per heavy atom. The van der Waals surface area contributed by atoms with Gasteiger partial charge in [0.1, 0.15) is 7.85 Å². The SMILES string of the molecule is [B]C([B])(C)S(=O)(=O)OC1=C(N)O[C@@]([B])(c2ccc(Cl)cc2)C1=O. The highest BCUT2D eigenvalue weighted by Crippen LogP contribution is 2.36. The molecule has 0 amide bonds. The number of halogens is 1. The molecular formula is C12H9B3ClNO5S. The van der Waals surface area contributed by atoms with Crippen molar-refractivity contribution in [2.45, 2.75) is 17.0 Å². The van der Waals surface area contributed by atoms with E-state index in [1.54, 1.807) is 0 Å². The summed E-state index contributed by atoms with van der Waals surface area (Å²) in [5, 5.41) is 0.407. The predicted octanol–water partition coefficient (Wildman–Crippen LogP) is -0.254. The molecule has 1 aromatic carbocycles. The van der Waals surface area contributed by atoms with Crippen molar-refractivity contribution in [3.63, 3.8) is 0 Å². The molecule has 0 bridgehead atoms. The van der Waals surface area contributed by atoms with Gasteiger partial charge in [-0.25, -0.2) is 0 Å². The number of hydrogen-bond donors (Lipinski definition) is 1. The van der Waals surface area contributed by atoms with E-state index in [9.17, 15) is 13.2 Å². The predicted molar refractivity (Wildman–Crippen MR) is 86.1 cm³/mol. The highest BCUT2D eigenvalue weighted by molar-refractivity contribution is 7.91. The lowest BCUT2D eigenvalue weighted by Gasteiger charge is -2.24. The van der Waals surface area contributed by atoms with Crippen molar-refractivity contribution < 1.29 is 22.1 Å². The zero-order chi connectivity index (χ0) is 17.6. The monoisotopic (exact) mass is 347 g/mol. The van der Waals surface area contributed by atoms with Crippen LogP contribution in [0.3, 0.4) is 0 Å². The van der Waals surface area contributed by atoms with E-state index < -0.39 is 37.6 Å². The summed E-state index contributed by atoms with van der Waals surface area (Å²) in [7, 11) is 11.9. The van der Waals surface area contributed by atoms with E-state index in [4.69, 9.17) is 45.6 Å². The molecule has 2 N–H and O–H groups in total. The molecular weight excluding hydrogens is 338 g/mol. The van der Waals surface area contributed by atoms with Gasteiger partial charge >= 0.3 is 0 Å². The molecule has 11 heteroatoms. The van der Waals surface area contributed by atoms with Crippen molar-refractivity contribution >= 4 is 51.0 Å². The van der Waals surface area contributed by atoms with Gasteiger partial charge in [-0.05, 0) is 17.7 Å². The van der Waals surface area contributed by atoms with Gasteiger partial charge < -0.3 is 14.7 Å². The third-order valence-corrected chi connectivity index (χ3v) is 4.76. The van der Waals surface area contributed by atoms with Gasteiger partial charge in [0.2, 0.25) is 17.4 Å². The second-order valence-corrected chi connectivity index (χ2v) is 7.48.